The zero-order valence-electron chi connectivity index (χ0n) is 19.2. The maximum absolute atomic E-state index is 12.9. The molecule has 0 aliphatic carbocycles. The van der Waals surface area contributed by atoms with Gasteiger partial charge in [0, 0.05) is 38.5 Å². The molecule has 1 saturated heterocycles. The molecule has 2 heterocycles. The predicted octanol–water partition coefficient (Wildman–Crippen LogP) is 3.88. The van der Waals surface area contributed by atoms with Crippen molar-refractivity contribution >= 4 is 23.2 Å². The first-order valence-corrected chi connectivity index (χ1v) is 11.5. The summed E-state index contributed by atoms with van der Waals surface area (Å²) in [5.74, 6) is -0.218. The van der Waals surface area contributed by atoms with Crippen molar-refractivity contribution in [1.29, 1.82) is 0 Å². The minimum atomic E-state index is -0.148. The van der Waals surface area contributed by atoms with Gasteiger partial charge < -0.3 is 5.32 Å². The molecule has 1 fully saturated rings. The first-order chi connectivity index (χ1) is 15.4. The number of nitrogens with one attached hydrogen (secondary N) is 1. The summed E-state index contributed by atoms with van der Waals surface area (Å²) >= 11 is 0. The van der Waals surface area contributed by atoms with Crippen LogP contribution in [0.25, 0.3) is 0 Å². The van der Waals surface area contributed by atoms with E-state index in [1.165, 1.54) is 16.1 Å². The first-order valence-electron chi connectivity index (χ1n) is 11.5. The van der Waals surface area contributed by atoms with E-state index in [1.807, 2.05) is 32.0 Å². The number of hydrogen-bond donors (Lipinski definition) is 1. The number of hydrogen-bond acceptors (Lipinski definition) is 4. The topological polar surface area (TPSA) is 65.0 Å². The van der Waals surface area contributed by atoms with Crippen LogP contribution in [0.4, 0.5) is 5.69 Å². The number of amides is 2. The maximum atomic E-state index is 12.9. The summed E-state index contributed by atoms with van der Waals surface area (Å²) in [7, 11) is 0. The number of rotatable bonds is 5. The third-order valence-corrected chi connectivity index (χ3v) is 6.47. The van der Waals surface area contributed by atoms with Crippen molar-refractivity contribution in [3.05, 3.63) is 64.7 Å². The van der Waals surface area contributed by atoms with Crippen molar-refractivity contribution in [3.8, 4) is 0 Å². The number of anilines is 1. The second-order valence-corrected chi connectivity index (χ2v) is 8.99. The molecule has 168 valence electrons. The second-order valence-electron chi connectivity index (χ2n) is 8.99. The van der Waals surface area contributed by atoms with E-state index in [4.69, 9.17) is 0 Å². The van der Waals surface area contributed by atoms with Crippen molar-refractivity contribution in [2.75, 3.05) is 18.1 Å². The van der Waals surface area contributed by atoms with Gasteiger partial charge in [-0.3, -0.25) is 14.5 Å². The molecule has 32 heavy (non-hydrogen) atoms. The van der Waals surface area contributed by atoms with E-state index in [9.17, 15) is 9.59 Å². The number of benzene rings is 2. The van der Waals surface area contributed by atoms with Gasteiger partial charge in [-0.15, -0.1) is 0 Å². The Morgan fingerprint density at radius 1 is 1.03 bits per heavy atom. The molecule has 0 saturated carbocycles. The van der Waals surface area contributed by atoms with Crippen LogP contribution in [-0.2, 0) is 16.1 Å². The van der Waals surface area contributed by atoms with E-state index in [1.54, 1.807) is 0 Å². The Morgan fingerprint density at radius 3 is 2.53 bits per heavy atom. The molecule has 4 rings (SSSR count). The zero-order chi connectivity index (χ0) is 22.7. The molecule has 0 atom stereocenters. The van der Waals surface area contributed by atoms with Crippen molar-refractivity contribution < 1.29 is 9.59 Å². The lowest BCUT2D eigenvalue weighted by molar-refractivity contribution is -0.119. The molecular weight excluding hydrogens is 400 g/mol. The molecule has 2 aliphatic rings. The van der Waals surface area contributed by atoms with E-state index in [0.717, 1.165) is 49.3 Å². The number of likely N-dealkylation sites (tertiary alicyclic amines) is 1. The molecule has 2 amide bonds. The Labute approximate surface area is 190 Å². The fourth-order valence-electron chi connectivity index (χ4n) is 4.38. The highest BCUT2D eigenvalue weighted by atomic mass is 16.2. The highest BCUT2D eigenvalue weighted by molar-refractivity contribution is 6.40. The quantitative estimate of drug-likeness (QED) is 0.780. The molecule has 2 aliphatic heterocycles. The van der Waals surface area contributed by atoms with Crippen LogP contribution in [0.1, 0.15) is 47.9 Å². The van der Waals surface area contributed by atoms with Crippen LogP contribution in [0, 0.1) is 20.8 Å². The summed E-state index contributed by atoms with van der Waals surface area (Å²) < 4.78 is 0. The first kappa shape index (κ1) is 22.2. The lowest BCUT2D eigenvalue weighted by Gasteiger charge is -2.33. The molecule has 1 N–H and O–H groups in total. The Balaban J connectivity index is 1.36. The van der Waals surface area contributed by atoms with Gasteiger partial charge in [0.05, 0.1) is 5.69 Å². The van der Waals surface area contributed by atoms with Crippen LogP contribution < -0.4 is 10.3 Å². The van der Waals surface area contributed by atoms with E-state index in [0.29, 0.717) is 18.6 Å². The number of nitrogens with zero attached hydrogens (tertiary/aromatic N) is 3. The number of carbonyl (C=O) groups is 2. The van der Waals surface area contributed by atoms with Gasteiger partial charge in [-0.25, -0.2) is 5.01 Å². The molecule has 2 aromatic rings. The molecule has 0 aromatic heterocycles. The van der Waals surface area contributed by atoms with Crippen molar-refractivity contribution in [3.63, 3.8) is 0 Å². The van der Waals surface area contributed by atoms with E-state index in [2.05, 4.69) is 46.5 Å². The molecule has 6 heteroatoms. The van der Waals surface area contributed by atoms with Crippen LogP contribution >= 0.6 is 0 Å². The minimum absolute atomic E-state index is 0.0697. The van der Waals surface area contributed by atoms with Gasteiger partial charge in [-0.1, -0.05) is 36.4 Å². The Kier molecular flexibility index (Phi) is 6.70. The molecule has 6 nitrogen and oxygen atoms in total. The SMILES string of the molecule is Cc1ccc(C)c(N2N=C(C(=O)NC3CCN(Cc4ccccc4C)CC3)CCC2=O)c1. The zero-order valence-corrected chi connectivity index (χ0v) is 19.2. The Hall–Kier alpha value is -2.99. The van der Waals surface area contributed by atoms with Gasteiger partial charge in [-0.05, 0) is 61.9 Å². The molecule has 0 spiro atoms. The fourth-order valence-corrected chi connectivity index (χ4v) is 4.38. The maximum Gasteiger partial charge on any atom is 0.267 e. The third-order valence-electron chi connectivity index (χ3n) is 6.47. The van der Waals surface area contributed by atoms with Gasteiger partial charge in [0.1, 0.15) is 5.71 Å². The van der Waals surface area contributed by atoms with Crippen LogP contribution in [-0.4, -0.2) is 41.6 Å². The standard InChI is InChI=1S/C26H32N4O2/c1-18-8-9-20(3)24(16-18)30-25(31)11-10-23(28-30)26(32)27-22-12-14-29(15-13-22)17-21-7-5-4-6-19(21)2/h4-9,16,22H,10-15,17H2,1-3H3,(H,27,32). The number of aryl methyl sites for hydroxylation is 3. The summed E-state index contributed by atoms with van der Waals surface area (Å²) in [6, 6.07) is 14.6. The average Bonchev–Trinajstić information content (AvgIpc) is 2.78. The van der Waals surface area contributed by atoms with Gasteiger partial charge >= 0.3 is 0 Å². The number of hydrazone groups is 1. The smallest absolute Gasteiger partial charge is 0.267 e. The summed E-state index contributed by atoms with van der Waals surface area (Å²) in [5.41, 5.74) is 5.90. The number of carbonyl (C=O) groups excluding carboxylic acids is 2. The minimum Gasteiger partial charge on any atom is -0.348 e. The Morgan fingerprint density at radius 2 is 1.78 bits per heavy atom. The lowest BCUT2D eigenvalue weighted by atomic mass is 10.0. The van der Waals surface area contributed by atoms with Gasteiger partial charge in [-0.2, -0.15) is 5.10 Å². The fraction of sp³-hybridized carbons (Fsp3) is 0.423. The lowest BCUT2D eigenvalue weighted by Crippen LogP contribution is -2.47. The van der Waals surface area contributed by atoms with Crippen molar-refractivity contribution in [1.82, 2.24) is 10.2 Å². The summed E-state index contributed by atoms with van der Waals surface area (Å²) in [6.07, 6.45) is 2.53. The second kappa shape index (κ2) is 9.65. The average molecular weight is 433 g/mol. The van der Waals surface area contributed by atoms with Crippen molar-refractivity contribution in [2.45, 2.75) is 59.0 Å². The number of piperidine rings is 1. The molecular formula is C26H32N4O2. The summed E-state index contributed by atoms with van der Waals surface area (Å²) in [5, 5.41) is 9.03. The molecule has 0 unspecified atom stereocenters. The van der Waals surface area contributed by atoms with Crippen LogP contribution in [0.3, 0.4) is 0 Å². The van der Waals surface area contributed by atoms with Gasteiger partial charge in [0.15, 0.2) is 0 Å². The predicted molar refractivity (Wildman–Crippen MR) is 128 cm³/mol. The van der Waals surface area contributed by atoms with Crippen molar-refractivity contribution in [2.24, 2.45) is 5.10 Å². The normalized spacial score (nSPS) is 17.9. The van der Waals surface area contributed by atoms with E-state index < -0.39 is 0 Å². The highest BCUT2D eigenvalue weighted by Crippen LogP contribution is 2.25. The van der Waals surface area contributed by atoms with Crippen LogP contribution in [0.5, 0.6) is 0 Å². The molecule has 0 bridgehead atoms. The van der Waals surface area contributed by atoms with E-state index in [-0.39, 0.29) is 17.9 Å². The van der Waals surface area contributed by atoms with Gasteiger partial charge in [0.2, 0.25) is 5.91 Å². The summed E-state index contributed by atoms with van der Waals surface area (Å²) in [6.45, 7) is 8.96. The van der Waals surface area contributed by atoms with Crippen LogP contribution in [0.15, 0.2) is 47.6 Å². The Bertz CT molecular complexity index is 1040. The monoisotopic (exact) mass is 432 g/mol. The molecule has 0 radical (unpaired) electrons. The molecule has 2 aromatic carbocycles. The van der Waals surface area contributed by atoms with Gasteiger partial charge in [0.25, 0.3) is 5.91 Å². The summed E-state index contributed by atoms with van der Waals surface area (Å²) in [4.78, 5) is 27.9. The van der Waals surface area contributed by atoms with E-state index >= 15 is 0 Å². The van der Waals surface area contributed by atoms with Crippen LogP contribution in [0.2, 0.25) is 0 Å². The largest absolute Gasteiger partial charge is 0.348 e. The third kappa shape index (κ3) is 5.07. The highest BCUT2D eigenvalue weighted by Gasteiger charge is 2.28.